The number of piperidine rings is 1. The fourth-order valence-corrected chi connectivity index (χ4v) is 2.84. The summed E-state index contributed by atoms with van der Waals surface area (Å²) >= 11 is 0. The highest BCUT2D eigenvalue weighted by Crippen LogP contribution is 2.26. The summed E-state index contributed by atoms with van der Waals surface area (Å²) < 4.78 is 0. The normalized spacial score (nSPS) is 23.8. The molecular weight excluding hydrogens is 238 g/mol. The fraction of sp³-hybridized carbons (Fsp3) is 0.438. The maximum Gasteiger partial charge on any atom is 0.328 e. The van der Waals surface area contributed by atoms with Crippen molar-refractivity contribution in [2.24, 2.45) is 11.8 Å². The third kappa shape index (κ3) is 3.85. The molecule has 2 atom stereocenters. The Morgan fingerprint density at radius 1 is 1.21 bits per heavy atom. The van der Waals surface area contributed by atoms with Gasteiger partial charge >= 0.3 is 5.97 Å². The summed E-state index contributed by atoms with van der Waals surface area (Å²) in [6.07, 6.45) is 4.09. The summed E-state index contributed by atoms with van der Waals surface area (Å²) in [4.78, 5) is 12.9. The maximum absolute atomic E-state index is 10.5. The van der Waals surface area contributed by atoms with Gasteiger partial charge in [0.25, 0.3) is 0 Å². The Morgan fingerprint density at radius 2 is 1.79 bits per heavy atom. The Morgan fingerprint density at radius 3 is 2.32 bits per heavy atom. The highest BCUT2D eigenvalue weighted by molar-refractivity contribution is 5.85. The van der Waals surface area contributed by atoms with E-state index in [1.807, 2.05) is 12.1 Å². The SMILES string of the molecule is CC1CC(C)CN(c2ccc(/C=C/C(=O)O)cc2)C1. The largest absolute Gasteiger partial charge is 0.478 e. The van der Waals surface area contributed by atoms with E-state index in [4.69, 9.17) is 5.11 Å². The van der Waals surface area contributed by atoms with E-state index in [0.29, 0.717) is 0 Å². The highest BCUT2D eigenvalue weighted by Gasteiger charge is 2.21. The number of carbonyl (C=O) groups is 1. The number of rotatable bonds is 3. The van der Waals surface area contributed by atoms with Crippen molar-refractivity contribution < 1.29 is 9.90 Å². The van der Waals surface area contributed by atoms with Gasteiger partial charge in [0.2, 0.25) is 0 Å². The molecule has 1 aromatic carbocycles. The molecule has 1 saturated heterocycles. The van der Waals surface area contributed by atoms with Gasteiger partial charge in [-0.3, -0.25) is 0 Å². The predicted octanol–water partition coefficient (Wildman–Crippen LogP) is 3.27. The monoisotopic (exact) mass is 259 g/mol. The molecule has 1 heterocycles. The van der Waals surface area contributed by atoms with E-state index in [0.717, 1.165) is 30.5 Å². The molecule has 3 nitrogen and oxygen atoms in total. The van der Waals surface area contributed by atoms with Crippen LogP contribution in [0.3, 0.4) is 0 Å². The molecule has 1 fully saturated rings. The van der Waals surface area contributed by atoms with Crippen molar-refractivity contribution in [1.29, 1.82) is 0 Å². The minimum Gasteiger partial charge on any atom is -0.478 e. The number of benzene rings is 1. The van der Waals surface area contributed by atoms with Gasteiger partial charge in [-0.15, -0.1) is 0 Å². The van der Waals surface area contributed by atoms with E-state index < -0.39 is 5.97 Å². The van der Waals surface area contributed by atoms with E-state index in [9.17, 15) is 4.79 Å². The molecule has 0 saturated carbocycles. The lowest BCUT2D eigenvalue weighted by molar-refractivity contribution is -0.131. The molecule has 0 aliphatic carbocycles. The van der Waals surface area contributed by atoms with Crippen LogP contribution in [-0.4, -0.2) is 24.2 Å². The second-order valence-electron chi connectivity index (χ2n) is 5.61. The van der Waals surface area contributed by atoms with Crippen molar-refractivity contribution in [1.82, 2.24) is 0 Å². The zero-order valence-electron chi connectivity index (χ0n) is 11.5. The fourth-order valence-electron chi connectivity index (χ4n) is 2.84. The zero-order chi connectivity index (χ0) is 13.8. The number of anilines is 1. The first-order valence-electron chi connectivity index (χ1n) is 6.80. The van der Waals surface area contributed by atoms with Gasteiger partial charge in [0.05, 0.1) is 0 Å². The summed E-state index contributed by atoms with van der Waals surface area (Å²) in [5.41, 5.74) is 2.15. The number of hydrogen-bond donors (Lipinski definition) is 1. The number of carboxylic acids is 1. The minimum atomic E-state index is -0.914. The van der Waals surface area contributed by atoms with Crippen molar-refractivity contribution in [2.75, 3.05) is 18.0 Å². The molecule has 1 N–H and O–H groups in total. The van der Waals surface area contributed by atoms with Crippen LogP contribution in [0, 0.1) is 11.8 Å². The van der Waals surface area contributed by atoms with Crippen LogP contribution in [0.4, 0.5) is 5.69 Å². The molecule has 1 aromatic rings. The van der Waals surface area contributed by atoms with E-state index >= 15 is 0 Å². The number of nitrogens with zero attached hydrogens (tertiary/aromatic N) is 1. The van der Waals surface area contributed by atoms with Crippen molar-refractivity contribution in [3.63, 3.8) is 0 Å². The predicted molar refractivity (Wildman–Crippen MR) is 78.3 cm³/mol. The van der Waals surface area contributed by atoms with Gasteiger partial charge in [-0.25, -0.2) is 4.79 Å². The quantitative estimate of drug-likeness (QED) is 0.847. The lowest BCUT2D eigenvalue weighted by Crippen LogP contribution is -2.38. The van der Waals surface area contributed by atoms with Crippen LogP contribution in [0.2, 0.25) is 0 Å². The average molecular weight is 259 g/mol. The molecule has 3 heteroatoms. The van der Waals surface area contributed by atoms with Crippen LogP contribution in [0.15, 0.2) is 30.3 Å². The Bertz CT molecular complexity index is 454. The van der Waals surface area contributed by atoms with Crippen LogP contribution in [-0.2, 0) is 4.79 Å². The summed E-state index contributed by atoms with van der Waals surface area (Å²) in [5, 5.41) is 8.60. The molecular formula is C16H21NO2. The molecule has 0 spiro atoms. The second kappa shape index (κ2) is 5.91. The van der Waals surface area contributed by atoms with E-state index in [1.54, 1.807) is 6.08 Å². The Kier molecular flexibility index (Phi) is 4.25. The van der Waals surface area contributed by atoms with Gasteiger partial charge in [0.1, 0.15) is 0 Å². The molecule has 2 rings (SSSR count). The average Bonchev–Trinajstić information content (AvgIpc) is 2.36. The third-order valence-corrected chi connectivity index (χ3v) is 3.55. The highest BCUT2D eigenvalue weighted by atomic mass is 16.4. The van der Waals surface area contributed by atoms with Crippen LogP contribution in [0.1, 0.15) is 25.8 Å². The number of hydrogen-bond acceptors (Lipinski definition) is 2. The van der Waals surface area contributed by atoms with Gasteiger partial charge in [-0.2, -0.15) is 0 Å². The second-order valence-corrected chi connectivity index (χ2v) is 5.61. The zero-order valence-corrected chi connectivity index (χ0v) is 11.5. The van der Waals surface area contributed by atoms with Gasteiger partial charge in [-0.1, -0.05) is 26.0 Å². The maximum atomic E-state index is 10.5. The minimum absolute atomic E-state index is 0.732. The van der Waals surface area contributed by atoms with Crippen LogP contribution in [0.25, 0.3) is 6.08 Å². The van der Waals surface area contributed by atoms with Crippen LogP contribution >= 0.6 is 0 Å². The molecule has 0 aromatic heterocycles. The first kappa shape index (κ1) is 13.7. The lowest BCUT2D eigenvalue weighted by Gasteiger charge is -2.36. The Hall–Kier alpha value is -1.77. The summed E-state index contributed by atoms with van der Waals surface area (Å²) in [5.74, 6) is 0.549. The van der Waals surface area contributed by atoms with E-state index in [2.05, 4.69) is 30.9 Å². The molecule has 2 unspecified atom stereocenters. The first-order chi connectivity index (χ1) is 9.04. The van der Waals surface area contributed by atoms with Crippen molar-refractivity contribution in [3.05, 3.63) is 35.9 Å². The summed E-state index contributed by atoms with van der Waals surface area (Å²) in [6, 6.07) is 8.09. The third-order valence-electron chi connectivity index (χ3n) is 3.55. The molecule has 0 bridgehead atoms. The summed E-state index contributed by atoms with van der Waals surface area (Å²) in [7, 11) is 0. The van der Waals surface area contributed by atoms with E-state index in [-0.39, 0.29) is 0 Å². The lowest BCUT2D eigenvalue weighted by atomic mass is 9.91. The van der Waals surface area contributed by atoms with Gasteiger partial charge in [0, 0.05) is 24.9 Å². The molecule has 1 aliphatic heterocycles. The first-order valence-corrected chi connectivity index (χ1v) is 6.80. The van der Waals surface area contributed by atoms with E-state index in [1.165, 1.54) is 18.2 Å². The molecule has 0 amide bonds. The Balaban J connectivity index is 2.07. The van der Waals surface area contributed by atoms with Gasteiger partial charge in [0.15, 0.2) is 0 Å². The smallest absolute Gasteiger partial charge is 0.328 e. The van der Waals surface area contributed by atoms with Crippen molar-refractivity contribution in [3.8, 4) is 0 Å². The molecule has 19 heavy (non-hydrogen) atoms. The van der Waals surface area contributed by atoms with Crippen molar-refractivity contribution in [2.45, 2.75) is 20.3 Å². The van der Waals surface area contributed by atoms with Crippen LogP contribution < -0.4 is 4.90 Å². The number of carboxylic acid groups (broad SMARTS) is 1. The topological polar surface area (TPSA) is 40.5 Å². The van der Waals surface area contributed by atoms with Gasteiger partial charge < -0.3 is 10.0 Å². The van der Waals surface area contributed by atoms with Crippen molar-refractivity contribution >= 4 is 17.7 Å². The standard InChI is InChI=1S/C16H21NO2/c1-12-9-13(2)11-17(10-12)15-6-3-14(4-7-15)5-8-16(18)19/h3-8,12-13H,9-11H2,1-2H3,(H,18,19)/b8-5+. The Labute approximate surface area is 114 Å². The molecule has 0 radical (unpaired) electrons. The summed E-state index contributed by atoms with van der Waals surface area (Å²) in [6.45, 7) is 6.81. The van der Waals surface area contributed by atoms with Crippen LogP contribution in [0.5, 0.6) is 0 Å². The number of aliphatic carboxylic acids is 1. The molecule has 102 valence electrons. The van der Waals surface area contributed by atoms with Gasteiger partial charge in [-0.05, 0) is 42.0 Å². The molecule has 1 aliphatic rings.